The molecule has 4 nitrogen and oxygen atoms in total. The van der Waals surface area contributed by atoms with Crippen LogP contribution in [0.3, 0.4) is 0 Å². The summed E-state index contributed by atoms with van der Waals surface area (Å²) in [5.41, 5.74) is 9.28. The Morgan fingerprint density at radius 2 is 1.86 bits per heavy atom. The number of rotatable bonds is 5. The second-order valence-electron chi connectivity index (χ2n) is 5.04. The number of anilines is 2. The van der Waals surface area contributed by atoms with E-state index in [4.69, 9.17) is 10.5 Å². The van der Waals surface area contributed by atoms with E-state index in [0.717, 1.165) is 17.0 Å². The van der Waals surface area contributed by atoms with Gasteiger partial charge in [0.25, 0.3) is 0 Å². The maximum absolute atomic E-state index is 11.8. The monoisotopic (exact) mass is 284 g/mol. The molecular weight excluding hydrogens is 264 g/mol. The highest BCUT2D eigenvalue weighted by Crippen LogP contribution is 2.19. The largest absolute Gasteiger partial charge is 0.493 e. The van der Waals surface area contributed by atoms with Crippen molar-refractivity contribution in [2.24, 2.45) is 0 Å². The highest BCUT2D eigenvalue weighted by Gasteiger charge is 2.04. The van der Waals surface area contributed by atoms with Crippen LogP contribution in [-0.4, -0.2) is 12.5 Å². The molecule has 2 aromatic rings. The van der Waals surface area contributed by atoms with Gasteiger partial charge in [0.1, 0.15) is 5.75 Å². The fourth-order valence-corrected chi connectivity index (χ4v) is 2.00. The van der Waals surface area contributed by atoms with Crippen LogP contribution in [0.15, 0.2) is 42.5 Å². The molecule has 0 saturated carbocycles. The van der Waals surface area contributed by atoms with Gasteiger partial charge in [0, 0.05) is 11.4 Å². The van der Waals surface area contributed by atoms with Crippen molar-refractivity contribution in [1.82, 2.24) is 0 Å². The van der Waals surface area contributed by atoms with Gasteiger partial charge in [0.2, 0.25) is 5.91 Å². The van der Waals surface area contributed by atoms with Gasteiger partial charge in [0.05, 0.1) is 13.0 Å². The van der Waals surface area contributed by atoms with E-state index < -0.39 is 0 Å². The molecule has 2 rings (SSSR count). The number of nitrogen functional groups attached to an aromatic ring is 1. The first-order valence-electron chi connectivity index (χ1n) is 6.90. The van der Waals surface area contributed by atoms with Gasteiger partial charge in [-0.05, 0) is 49.7 Å². The fourth-order valence-electron chi connectivity index (χ4n) is 2.00. The number of nitrogens with one attached hydrogen (secondary N) is 1. The molecule has 0 heterocycles. The molecule has 0 fully saturated rings. The first kappa shape index (κ1) is 14.9. The standard InChI is InChI=1S/C17H20N2O2/c1-12-3-8-16(13(2)11-12)21-10-9-17(20)19-15-6-4-14(18)5-7-15/h3-8,11H,9-10,18H2,1-2H3,(H,19,20). The van der Waals surface area contributed by atoms with Crippen LogP contribution in [0.5, 0.6) is 5.75 Å². The van der Waals surface area contributed by atoms with Crippen molar-refractivity contribution in [3.05, 3.63) is 53.6 Å². The highest BCUT2D eigenvalue weighted by molar-refractivity contribution is 5.90. The minimum atomic E-state index is -0.0791. The van der Waals surface area contributed by atoms with Crippen LogP contribution in [0, 0.1) is 13.8 Å². The number of amides is 1. The molecule has 21 heavy (non-hydrogen) atoms. The minimum absolute atomic E-state index is 0.0791. The molecule has 0 bridgehead atoms. The third kappa shape index (κ3) is 4.53. The maximum Gasteiger partial charge on any atom is 0.227 e. The normalized spacial score (nSPS) is 10.2. The Hall–Kier alpha value is -2.49. The molecular formula is C17H20N2O2. The van der Waals surface area contributed by atoms with Gasteiger partial charge >= 0.3 is 0 Å². The summed E-state index contributed by atoms with van der Waals surface area (Å²) >= 11 is 0. The van der Waals surface area contributed by atoms with Crippen LogP contribution < -0.4 is 15.8 Å². The first-order chi connectivity index (χ1) is 10.0. The van der Waals surface area contributed by atoms with Crippen molar-refractivity contribution >= 4 is 17.3 Å². The van der Waals surface area contributed by atoms with E-state index in [1.807, 2.05) is 26.0 Å². The number of carbonyl (C=O) groups is 1. The zero-order chi connectivity index (χ0) is 15.2. The third-order valence-electron chi connectivity index (χ3n) is 3.11. The number of hydrogen-bond acceptors (Lipinski definition) is 3. The molecule has 3 N–H and O–H groups in total. The molecule has 0 aliphatic carbocycles. The maximum atomic E-state index is 11.8. The zero-order valence-electron chi connectivity index (χ0n) is 12.3. The average molecular weight is 284 g/mol. The molecule has 0 unspecified atom stereocenters. The Morgan fingerprint density at radius 1 is 1.14 bits per heavy atom. The fraction of sp³-hybridized carbons (Fsp3) is 0.235. The summed E-state index contributed by atoms with van der Waals surface area (Å²) in [5.74, 6) is 0.741. The van der Waals surface area contributed by atoms with Gasteiger partial charge < -0.3 is 15.8 Å². The van der Waals surface area contributed by atoms with E-state index in [-0.39, 0.29) is 5.91 Å². The minimum Gasteiger partial charge on any atom is -0.493 e. The Morgan fingerprint density at radius 3 is 2.52 bits per heavy atom. The van der Waals surface area contributed by atoms with Crippen LogP contribution in [0.25, 0.3) is 0 Å². The Bertz CT molecular complexity index is 621. The van der Waals surface area contributed by atoms with Crippen LogP contribution >= 0.6 is 0 Å². The lowest BCUT2D eigenvalue weighted by Crippen LogP contribution is -2.15. The lowest BCUT2D eigenvalue weighted by Gasteiger charge is -2.10. The van der Waals surface area contributed by atoms with E-state index in [1.54, 1.807) is 24.3 Å². The zero-order valence-corrected chi connectivity index (χ0v) is 12.3. The summed E-state index contributed by atoms with van der Waals surface area (Å²) in [6, 6.07) is 13.0. The van der Waals surface area contributed by atoms with Crippen LogP contribution in [-0.2, 0) is 4.79 Å². The molecule has 0 aliphatic heterocycles. The molecule has 4 heteroatoms. The molecule has 0 atom stereocenters. The van der Waals surface area contributed by atoms with E-state index in [9.17, 15) is 4.79 Å². The smallest absolute Gasteiger partial charge is 0.227 e. The van der Waals surface area contributed by atoms with Gasteiger partial charge in [-0.2, -0.15) is 0 Å². The second kappa shape index (κ2) is 6.79. The van der Waals surface area contributed by atoms with E-state index >= 15 is 0 Å². The summed E-state index contributed by atoms with van der Waals surface area (Å²) in [6.45, 7) is 4.39. The highest BCUT2D eigenvalue weighted by atomic mass is 16.5. The molecule has 0 aromatic heterocycles. The predicted molar refractivity (Wildman–Crippen MR) is 85.5 cm³/mol. The molecule has 0 radical (unpaired) electrons. The van der Waals surface area contributed by atoms with Gasteiger partial charge in [-0.1, -0.05) is 17.7 Å². The number of benzene rings is 2. The Labute approximate surface area is 124 Å². The topological polar surface area (TPSA) is 64.3 Å². The van der Waals surface area contributed by atoms with E-state index in [1.165, 1.54) is 5.56 Å². The van der Waals surface area contributed by atoms with Crippen molar-refractivity contribution in [1.29, 1.82) is 0 Å². The molecule has 2 aromatic carbocycles. The van der Waals surface area contributed by atoms with E-state index in [2.05, 4.69) is 11.4 Å². The van der Waals surface area contributed by atoms with Crippen molar-refractivity contribution in [2.75, 3.05) is 17.7 Å². The Balaban J connectivity index is 1.80. The van der Waals surface area contributed by atoms with Crippen molar-refractivity contribution in [3.63, 3.8) is 0 Å². The summed E-state index contributed by atoms with van der Waals surface area (Å²) in [4.78, 5) is 11.8. The van der Waals surface area contributed by atoms with Crippen molar-refractivity contribution in [3.8, 4) is 5.75 Å². The second-order valence-corrected chi connectivity index (χ2v) is 5.04. The molecule has 110 valence electrons. The van der Waals surface area contributed by atoms with Gasteiger partial charge in [-0.25, -0.2) is 0 Å². The summed E-state index contributed by atoms with van der Waals surface area (Å²) < 4.78 is 5.64. The third-order valence-corrected chi connectivity index (χ3v) is 3.11. The Kier molecular flexibility index (Phi) is 4.82. The first-order valence-corrected chi connectivity index (χ1v) is 6.90. The van der Waals surface area contributed by atoms with Crippen molar-refractivity contribution < 1.29 is 9.53 Å². The van der Waals surface area contributed by atoms with Crippen LogP contribution in [0.2, 0.25) is 0 Å². The van der Waals surface area contributed by atoms with Crippen LogP contribution in [0.4, 0.5) is 11.4 Å². The number of aryl methyl sites for hydroxylation is 2. The number of hydrogen-bond donors (Lipinski definition) is 2. The molecule has 0 aliphatic rings. The summed E-state index contributed by atoms with van der Waals surface area (Å²) in [6.07, 6.45) is 0.303. The summed E-state index contributed by atoms with van der Waals surface area (Å²) in [7, 11) is 0. The van der Waals surface area contributed by atoms with Gasteiger partial charge in [-0.3, -0.25) is 4.79 Å². The van der Waals surface area contributed by atoms with Crippen LogP contribution in [0.1, 0.15) is 17.5 Å². The average Bonchev–Trinajstić information content (AvgIpc) is 2.44. The number of nitrogens with two attached hydrogens (primary N) is 1. The van der Waals surface area contributed by atoms with Gasteiger partial charge in [-0.15, -0.1) is 0 Å². The predicted octanol–water partition coefficient (Wildman–Crippen LogP) is 3.29. The molecule has 0 spiro atoms. The number of ether oxygens (including phenoxy) is 1. The summed E-state index contributed by atoms with van der Waals surface area (Å²) in [5, 5.41) is 2.80. The quantitative estimate of drug-likeness (QED) is 0.828. The SMILES string of the molecule is Cc1ccc(OCCC(=O)Nc2ccc(N)cc2)c(C)c1. The molecule has 0 saturated heterocycles. The molecule has 1 amide bonds. The lowest BCUT2D eigenvalue weighted by atomic mass is 10.1. The lowest BCUT2D eigenvalue weighted by molar-refractivity contribution is -0.116. The van der Waals surface area contributed by atoms with E-state index in [0.29, 0.717) is 18.7 Å². The number of carbonyl (C=O) groups excluding carboxylic acids is 1. The van der Waals surface area contributed by atoms with Gasteiger partial charge in [0.15, 0.2) is 0 Å². The van der Waals surface area contributed by atoms with Crippen molar-refractivity contribution in [2.45, 2.75) is 20.3 Å².